The lowest BCUT2D eigenvalue weighted by molar-refractivity contribution is -0.145. The van der Waals surface area contributed by atoms with Crippen LogP contribution in [0.4, 0.5) is 0 Å². The molecule has 2 heterocycles. The van der Waals surface area contributed by atoms with Gasteiger partial charge in [-0.05, 0) is 36.6 Å². The molecule has 0 amide bonds. The number of hydrogen-bond donors (Lipinski definition) is 1. The molecule has 6 nitrogen and oxygen atoms in total. The Hall–Kier alpha value is -2.44. The zero-order valence-corrected chi connectivity index (χ0v) is 16.0. The van der Waals surface area contributed by atoms with E-state index in [0.717, 1.165) is 23.2 Å². The minimum Gasteiger partial charge on any atom is -0.463 e. The van der Waals surface area contributed by atoms with Crippen LogP contribution in [0.5, 0.6) is 0 Å². The van der Waals surface area contributed by atoms with Gasteiger partial charge in [0.2, 0.25) is 0 Å². The van der Waals surface area contributed by atoms with Crippen molar-refractivity contribution >= 4 is 17.6 Å². The maximum atomic E-state index is 11.5. The minimum atomic E-state index is -0.327. The normalized spacial score (nSPS) is 19.1. The molecule has 1 N–H and O–H groups in total. The van der Waals surface area contributed by atoms with E-state index in [9.17, 15) is 9.59 Å². The SMILES string of the molecule is CC(=O)OC[C@H]1C=CC[C@@H](c2ccc(Cl)c(Cc3cc(C)c(=O)[nH]n3)c2)O1. The van der Waals surface area contributed by atoms with Crippen LogP contribution >= 0.6 is 11.6 Å². The summed E-state index contributed by atoms with van der Waals surface area (Å²) in [6, 6.07) is 7.53. The van der Waals surface area contributed by atoms with Gasteiger partial charge in [-0.2, -0.15) is 5.10 Å². The van der Waals surface area contributed by atoms with Crippen molar-refractivity contribution in [2.75, 3.05) is 6.61 Å². The lowest BCUT2D eigenvalue weighted by atomic mass is 9.99. The summed E-state index contributed by atoms with van der Waals surface area (Å²) in [5, 5.41) is 7.21. The van der Waals surface area contributed by atoms with E-state index in [1.54, 1.807) is 13.0 Å². The van der Waals surface area contributed by atoms with Gasteiger partial charge in [-0.25, -0.2) is 5.10 Å². The molecule has 0 aliphatic carbocycles. The molecular weight excluding hydrogens is 368 g/mol. The number of aryl methyl sites for hydroxylation is 1. The van der Waals surface area contributed by atoms with Crippen molar-refractivity contribution in [1.82, 2.24) is 10.2 Å². The molecule has 0 saturated carbocycles. The Bertz CT molecular complexity index is 922. The summed E-state index contributed by atoms with van der Waals surface area (Å²) < 4.78 is 11.1. The number of aromatic nitrogens is 2. The van der Waals surface area contributed by atoms with Crippen LogP contribution < -0.4 is 5.56 Å². The van der Waals surface area contributed by atoms with E-state index in [2.05, 4.69) is 10.2 Å². The number of rotatable bonds is 5. The Morgan fingerprint density at radius 3 is 2.96 bits per heavy atom. The Labute approximate surface area is 162 Å². The highest BCUT2D eigenvalue weighted by molar-refractivity contribution is 6.31. The second-order valence-electron chi connectivity index (χ2n) is 6.53. The van der Waals surface area contributed by atoms with Crippen molar-refractivity contribution in [3.63, 3.8) is 0 Å². The molecular formula is C20H21ClN2O4. The van der Waals surface area contributed by atoms with Crippen LogP contribution in [-0.4, -0.2) is 28.9 Å². The molecule has 1 aliphatic heterocycles. The van der Waals surface area contributed by atoms with Crippen molar-refractivity contribution < 1.29 is 14.3 Å². The maximum absolute atomic E-state index is 11.5. The highest BCUT2D eigenvalue weighted by atomic mass is 35.5. The summed E-state index contributed by atoms with van der Waals surface area (Å²) in [5.41, 5.74) is 3.06. The molecule has 1 aromatic heterocycles. The van der Waals surface area contributed by atoms with E-state index in [-0.39, 0.29) is 30.3 Å². The van der Waals surface area contributed by atoms with Gasteiger partial charge < -0.3 is 9.47 Å². The number of hydrogen-bond acceptors (Lipinski definition) is 5. The van der Waals surface area contributed by atoms with Crippen LogP contribution in [0.3, 0.4) is 0 Å². The van der Waals surface area contributed by atoms with Crippen LogP contribution in [0.1, 0.15) is 41.8 Å². The van der Waals surface area contributed by atoms with Gasteiger partial charge in [0.25, 0.3) is 5.56 Å². The van der Waals surface area contributed by atoms with Crippen LogP contribution in [-0.2, 0) is 20.7 Å². The molecule has 1 aromatic carbocycles. The smallest absolute Gasteiger partial charge is 0.302 e. The number of carbonyl (C=O) groups excluding carboxylic acids is 1. The summed E-state index contributed by atoms with van der Waals surface area (Å²) in [7, 11) is 0. The number of H-pyrrole nitrogens is 1. The highest BCUT2D eigenvalue weighted by Gasteiger charge is 2.21. The molecule has 1 aliphatic rings. The number of carbonyl (C=O) groups is 1. The fraction of sp³-hybridized carbons (Fsp3) is 0.350. The highest BCUT2D eigenvalue weighted by Crippen LogP contribution is 2.31. The largest absolute Gasteiger partial charge is 0.463 e. The van der Waals surface area contributed by atoms with Crippen molar-refractivity contribution in [3.8, 4) is 0 Å². The van der Waals surface area contributed by atoms with Crippen molar-refractivity contribution in [1.29, 1.82) is 0 Å². The van der Waals surface area contributed by atoms with Crippen LogP contribution in [0.15, 0.2) is 41.2 Å². The van der Waals surface area contributed by atoms with Gasteiger partial charge in [0, 0.05) is 23.9 Å². The molecule has 0 fully saturated rings. The molecule has 0 unspecified atom stereocenters. The first-order valence-corrected chi connectivity index (χ1v) is 9.09. The Kier molecular flexibility index (Phi) is 6.08. The summed E-state index contributed by atoms with van der Waals surface area (Å²) in [6.45, 7) is 3.32. The Morgan fingerprint density at radius 2 is 2.22 bits per heavy atom. The molecule has 142 valence electrons. The van der Waals surface area contributed by atoms with Gasteiger partial charge in [0.15, 0.2) is 0 Å². The quantitative estimate of drug-likeness (QED) is 0.628. The third kappa shape index (κ3) is 5.05. The van der Waals surface area contributed by atoms with E-state index in [1.165, 1.54) is 6.92 Å². The monoisotopic (exact) mass is 388 g/mol. The first-order chi connectivity index (χ1) is 12.9. The molecule has 0 bridgehead atoms. The zero-order valence-electron chi connectivity index (χ0n) is 15.2. The standard InChI is InChI=1S/C20H21ClN2O4/c1-12-8-16(22-23-20(12)25)10-15-9-14(6-7-18(15)21)19-5-3-4-17(27-19)11-26-13(2)24/h3-4,6-9,17,19H,5,10-11H2,1-2H3,(H,23,25)/t17-,19+/m1/s1. The van der Waals surface area contributed by atoms with Crippen molar-refractivity contribution in [2.45, 2.75) is 38.9 Å². The molecule has 2 atom stereocenters. The second kappa shape index (κ2) is 8.50. The fourth-order valence-electron chi connectivity index (χ4n) is 2.95. The fourth-order valence-corrected chi connectivity index (χ4v) is 3.13. The van der Waals surface area contributed by atoms with Gasteiger partial charge in [-0.3, -0.25) is 9.59 Å². The van der Waals surface area contributed by atoms with E-state index >= 15 is 0 Å². The van der Waals surface area contributed by atoms with E-state index < -0.39 is 0 Å². The lowest BCUT2D eigenvalue weighted by Crippen LogP contribution is -2.24. The zero-order chi connectivity index (χ0) is 19.4. The van der Waals surface area contributed by atoms with Crippen LogP contribution in [0, 0.1) is 6.92 Å². The second-order valence-corrected chi connectivity index (χ2v) is 6.94. The maximum Gasteiger partial charge on any atom is 0.302 e. The minimum absolute atomic E-state index is 0.142. The van der Waals surface area contributed by atoms with E-state index in [1.807, 2.05) is 30.4 Å². The third-order valence-electron chi connectivity index (χ3n) is 4.35. The predicted octanol–water partition coefficient (Wildman–Crippen LogP) is 3.27. The van der Waals surface area contributed by atoms with E-state index in [0.29, 0.717) is 17.0 Å². The van der Waals surface area contributed by atoms with Gasteiger partial charge in [-0.1, -0.05) is 35.9 Å². The first kappa shape index (κ1) is 19.3. The molecule has 0 spiro atoms. The molecule has 7 heteroatoms. The number of aromatic amines is 1. The summed E-state index contributed by atoms with van der Waals surface area (Å²) in [4.78, 5) is 22.5. The average molecular weight is 389 g/mol. The van der Waals surface area contributed by atoms with Crippen molar-refractivity contribution in [2.24, 2.45) is 0 Å². The van der Waals surface area contributed by atoms with Crippen molar-refractivity contribution in [3.05, 3.63) is 74.2 Å². The number of nitrogens with zero attached hydrogens (tertiary/aromatic N) is 1. The number of halogens is 1. The summed E-state index contributed by atoms with van der Waals surface area (Å²) >= 11 is 6.36. The molecule has 0 radical (unpaired) electrons. The number of nitrogens with one attached hydrogen (secondary N) is 1. The molecule has 2 aromatic rings. The number of ether oxygens (including phenoxy) is 2. The van der Waals surface area contributed by atoms with Crippen LogP contribution in [0.2, 0.25) is 5.02 Å². The molecule has 3 rings (SSSR count). The number of benzene rings is 1. The van der Waals surface area contributed by atoms with Gasteiger partial charge in [0.1, 0.15) is 12.7 Å². The van der Waals surface area contributed by atoms with Gasteiger partial charge in [-0.15, -0.1) is 0 Å². The predicted molar refractivity (Wildman–Crippen MR) is 102 cm³/mol. The summed E-state index contributed by atoms with van der Waals surface area (Å²) in [5.74, 6) is -0.327. The first-order valence-electron chi connectivity index (χ1n) is 8.71. The average Bonchev–Trinajstić information content (AvgIpc) is 2.65. The third-order valence-corrected chi connectivity index (χ3v) is 4.71. The molecule has 0 saturated heterocycles. The van der Waals surface area contributed by atoms with E-state index in [4.69, 9.17) is 21.1 Å². The van der Waals surface area contributed by atoms with Gasteiger partial charge >= 0.3 is 5.97 Å². The molecule has 27 heavy (non-hydrogen) atoms. The van der Waals surface area contributed by atoms with Crippen LogP contribution in [0.25, 0.3) is 0 Å². The Balaban J connectivity index is 1.76. The number of esters is 1. The summed E-state index contributed by atoms with van der Waals surface area (Å²) in [6.07, 6.45) is 4.76. The Morgan fingerprint density at radius 1 is 1.41 bits per heavy atom. The van der Waals surface area contributed by atoms with Gasteiger partial charge in [0.05, 0.1) is 11.8 Å². The topological polar surface area (TPSA) is 81.3 Å². The lowest BCUT2D eigenvalue weighted by Gasteiger charge is -2.26.